The molecule has 3 nitrogen and oxygen atoms in total. The zero-order chi connectivity index (χ0) is 13.9. The first-order valence-electron chi connectivity index (χ1n) is 7.60. The predicted octanol–water partition coefficient (Wildman–Crippen LogP) is 3.19. The molecule has 0 saturated heterocycles. The lowest BCUT2D eigenvalue weighted by molar-refractivity contribution is 0.726. The molecule has 1 aromatic heterocycles. The maximum Gasteiger partial charge on any atom is 0.136 e. The second-order valence-electron chi connectivity index (χ2n) is 5.67. The van der Waals surface area contributed by atoms with E-state index >= 15 is 0 Å². The number of nitrogens with zero attached hydrogens (tertiary/aromatic N) is 2. The lowest BCUT2D eigenvalue weighted by Gasteiger charge is -2.24. The van der Waals surface area contributed by atoms with Crippen LogP contribution in [-0.4, -0.2) is 25.1 Å². The monoisotopic (exact) mass is 269 g/mol. The fourth-order valence-corrected chi connectivity index (χ4v) is 2.72. The Kier molecular flexibility index (Phi) is 3.88. The molecule has 3 rings (SSSR count). The molecule has 3 heteroatoms. The zero-order valence-corrected chi connectivity index (χ0v) is 12.4. The molecule has 1 aliphatic carbocycles. The van der Waals surface area contributed by atoms with E-state index in [1.54, 1.807) is 0 Å². The van der Waals surface area contributed by atoms with Gasteiger partial charge in [-0.15, -0.1) is 0 Å². The third kappa shape index (κ3) is 2.78. The highest BCUT2D eigenvalue weighted by atomic mass is 15.2. The Morgan fingerprint density at radius 3 is 2.80 bits per heavy atom. The van der Waals surface area contributed by atoms with Gasteiger partial charge in [-0.25, -0.2) is 4.98 Å². The summed E-state index contributed by atoms with van der Waals surface area (Å²) in [5, 5.41) is 5.77. The molecule has 1 aliphatic rings. The predicted molar refractivity (Wildman–Crippen MR) is 85.1 cm³/mol. The van der Waals surface area contributed by atoms with Gasteiger partial charge in [0.15, 0.2) is 0 Å². The summed E-state index contributed by atoms with van der Waals surface area (Å²) in [6.07, 6.45) is 2.76. The molecule has 20 heavy (non-hydrogen) atoms. The summed E-state index contributed by atoms with van der Waals surface area (Å²) < 4.78 is 0. The van der Waals surface area contributed by atoms with Crippen LogP contribution in [0.5, 0.6) is 0 Å². The number of hydrogen-bond donors (Lipinski definition) is 1. The fourth-order valence-electron chi connectivity index (χ4n) is 2.72. The third-order valence-electron chi connectivity index (χ3n) is 3.99. The van der Waals surface area contributed by atoms with Gasteiger partial charge in [0, 0.05) is 25.0 Å². The molecule has 2 aromatic rings. The zero-order valence-electron chi connectivity index (χ0n) is 12.4. The Morgan fingerprint density at radius 2 is 2.10 bits per heavy atom. The maximum absolute atomic E-state index is 4.91. The highest BCUT2D eigenvalue weighted by Gasteiger charge is 2.25. The van der Waals surface area contributed by atoms with Crippen molar-refractivity contribution in [3.8, 4) is 0 Å². The van der Waals surface area contributed by atoms with Gasteiger partial charge in [0.1, 0.15) is 5.82 Å². The first-order valence-corrected chi connectivity index (χ1v) is 7.60. The Hall–Kier alpha value is -1.61. The summed E-state index contributed by atoms with van der Waals surface area (Å²) >= 11 is 0. The summed E-state index contributed by atoms with van der Waals surface area (Å²) in [5.74, 6) is 2.03. The molecule has 0 aliphatic heterocycles. The van der Waals surface area contributed by atoms with Crippen LogP contribution in [0, 0.1) is 5.92 Å². The number of benzene rings is 1. The van der Waals surface area contributed by atoms with Crippen LogP contribution >= 0.6 is 0 Å². The van der Waals surface area contributed by atoms with Gasteiger partial charge in [-0.3, -0.25) is 0 Å². The van der Waals surface area contributed by atoms with E-state index in [0.29, 0.717) is 0 Å². The Morgan fingerprint density at radius 1 is 1.30 bits per heavy atom. The number of anilines is 1. The molecule has 0 atom stereocenters. The van der Waals surface area contributed by atoms with Crippen molar-refractivity contribution in [2.24, 2.45) is 5.92 Å². The van der Waals surface area contributed by atoms with E-state index in [0.717, 1.165) is 37.1 Å². The van der Waals surface area contributed by atoms with E-state index in [-0.39, 0.29) is 0 Å². The van der Waals surface area contributed by atoms with Gasteiger partial charge in [0.05, 0.1) is 5.69 Å². The van der Waals surface area contributed by atoms with Crippen molar-refractivity contribution in [2.45, 2.75) is 26.3 Å². The van der Waals surface area contributed by atoms with Gasteiger partial charge < -0.3 is 10.2 Å². The van der Waals surface area contributed by atoms with Crippen molar-refractivity contribution < 1.29 is 0 Å². The molecule has 0 unspecified atom stereocenters. The van der Waals surface area contributed by atoms with Crippen molar-refractivity contribution >= 4 is 16.6 Å². The van der Waals surface area contributed by atoms with Crippen LogP contribution in [-0.2, 0) is 6.54 Å². The van der Waals surface area contributed by atoms with E-state index in [9.17, 15) is 0 Å². The smallest absolute Gasteiger partial charge is 0.136 e. The molecule has 0 spiro atoms. The van der Waals surface area contributed by atoms with Gasteiger partial charge in [-0.1, -0.05) is 24.3 Å². The van der Waals surface area contributed by atoms with E-state index in [4.69, 9.17) is 4.98 Å². The normalized spacial score (nSPS) is 14.7. The summed E-state index contributed by atoms with van der Waals surface area (Å²) in [6.45, 7) is 5.22. The summed E-state index contributed by atoms with van der Waals surface area (Å²) in [4.78, 5) is 7.35. The Bertz CT molecular complexity index is 590. The van der Waals surface area contributed by atoms with Gasteiger partial charge in [0.2, 0.25) is 0 Å². The first kappa shape index (κ1) is 13.4. The number of rotatable bonds is 6. The number of hydrogen-bond acceptors (Lipinski definition) is 3. The second-order valence-corrected chi connectivity index (χ2v) is 5.67. The summed E-state index contributed by atoms with van der Waals surface area (Å²) in [7, 11) is 1.97. The van der Waals surface area contributed by atoms with Gasteiger partial charge in [-0.2, -0.15) is 0 Å². The van der Waals surface area contributed by atoms with Crippen LogP contribution in [0.15, 0.2) is 30.3 Å². The highest BCUT2D eigenvalue weighted by molar-refractivity contribution is 5.92. The topological polar surface area (TPSA) is 28.2 Å². The van der Waals surface area contributed by atoms with E-state index in [1.165, 1.54) is 23.6 Å². The SMILES string of the molecule is CCN(CC1CC1)c1nc(CNC)cc2ccccc12. The van der Waals surface area contributed by atoms with Gasteiger partial charge >= 0.3 is 0 Å². The molecule has 1 fully saturated rings. The van der Waals surface area contributed by atoms with Crippen molar-refractivity contribution in [3.05, 3.63) is 36.0 Å². The van der Waals surface area contributed by atoms with Crippen LogP contribution in [0.3, 0.4) is 0 Å². The largest absolute Gasteiger partial charge is 0.356 e. The second kappa shape index (κ2) is 5.80. The van der Waals surface area contributed by atoms with Gasteiger partial charge in [0.25, 0.3) is 0 Å². The summed E-state index contributed by atoms with van der Waals surface area (Å²) in [5.41, 5.74) is 1.12. The van der Waals surface area contributed by atoms with Gasteiger partial charge in [-0.05, 0) is 44.2 Å². The molecule has 1 saturated carbocycles. The molecule has 0 radical (unpaired) electrons. The van der Waals surface area contributed by atoms with Crippen LogP contribution in [0.1, 0.15) is 25.5 Å². The van der Waals surface area contributed by atoms with Crippen LogP contribution in [0.25, 0.3) is 10.8 Å². The minimum Gasteiger partial charge on any atom is -0.356 e. The van der Waals surface area contributed by atoms with Crippen LogP contribution in [0.4, 0.5) is 5.82 Å². The minimum absolute atomic E-state index is 0.818. The van der Waals surface area contributed by atoms with E-state index in [1.807, 2.05) is 7.05 Å². The minimum atomic E-state index is 0.818. The number of fused-ring (bicyclic) bond motifs is 1. The highest BCUT2D eigenvalue weighted by Crippen LogP contribution is 2.33. The number of pyridine rings is 1. The van der Waals surface area contributed by atoms with E-state index in [2.05, 4.69) is 47.5 Å². The standard InChI is InChI=1S/C17H23N3/c1-3-20(12-13-8-9-13)17-16-7-5-4-6-14(16)10-15(19-17)11-18-2/h4-7,10,13,18H,3,8-9,11-12H2,1-2H3. The molecule has 0 amide bonds. The van der Waals surface area contributed by atoms with Crippen molar-refractivity contribution in [2.75, 3.05) is 25.0 Å². The van der Waals surface area contributed by atoms with Crippen molar-refractivity contribution in [1.29, 1.82) is 0 Å². The lowest BCUT2D eigenvalue weighted by atomic mass is 10.1. The average Bonchev–Trinajstić information content (AvgIpc) is 3.28. The Balaban J connectivity index is 2.04. The molecular weight excluding hydrogens is 246 g/mol. The van der Waals surface area contributed by atoms with Crippen LogP contribution < -0.4 is 10.2 Å². The molecule has 0 bridgehead atoms. The number of aromatic nitrogens is 1. The average molecular weight is 269 g/mol. The van der Waals surface area contributed by atoms with Crippen LogP contribution in [0.2, 0.25) is 0 Å². The molecule has 1 heterocycles. The third-order valence-corrected chi connectivity index (χ3v) is 3.99. The maximum atomic E-state index is 4.91. The lowest BCUT2D eigenvalue weighted by Crippen LogP contribution is -2.27. The fraction of sp³-hybridized carbons (Fsp3) is 0.471. The Labute approximate surface area is 121 Å². The molecule has 1 aromatic carbocycles. The number of nitrogens with one attached hydrogen (secondary N) is 1. The van der Waals surface area contributed by atoms with E-state index < -0.39 is 0 Å². The molecule has 1 N–H and O–H groups in total. The summed E-state index contributed by atoms with van der Waals surface area (Å²) in [6, 6.07) is 10.8. The molecule has 106 valence electrons. The quantitative estimate of drug-likeness (QED) is 0.873. The molecular formula is C17H23N3. The first-order chi connectivity index (χ1) is 9.81. The van der Waals surface area contributed by atoms with Crippen molar-refractivity contribution in [1.82, 2.24) is 10.3 Å². The van der Waals surface area contributed by atoms with Crippen molar-refractivity contribution in [3.63, 3.8) is 0 Å².